The van der Waals surface area contributed by atoms with Crippen molar-refractivity contribution < 1.29 is 19.0 Å². The highest BCUT2D eigenvalue weighted by atomic mass is 35.5. The lowest BCUT2D eigenvalue weighted by Crippen LogP contribution is -2.42. The minimum atomic E-state index is -0.869. The number of hydrogen-bond donors (Lipinski definition) is 3. The van der Waals surface area contributed by atoms with Crippen molar-refractivity contribution in [2.45, 2.75) is 37.5 Å². The molecule has 2 saturated heterocycles. The molecule has 0 radical (unpaired) electrons. The van der Waals surface area contributed by atoms with Crippen molar-refractivity contribution in [3.63, 3.8) is 0 Å². The van der Waals surface area contributed by atoms with Crippen molar-refractivity contribution >= 4 is 39.7 Å². The molecule has 2 atom stereocenters. The number of benzene rings is 3. The number of aromatic nitrogens is 1. The molecule has 11 heteroatoms. The first-order valence-electron chi connectivity index (χ1n) is 15.1. The molecule has 3 aromatic carbocycles. The van der Waals surface area contributed by atoms with Gasteiger partial charge in [0.05, 0.1) is 34.6 Å². The van der Waals surface area contributed by atoms with Gasteiger partial charge in [0, 0.05) is 30.3 Å². The SMILES string of the molecule is Nc1ncccc1CN1C=C(OC[C@@]23CCCN2C[C@H](F)C3)Oc2cc(-c3cc(O)cc4ccccc34)c(Cl)c3c2C1=NCN3. The zero-order chi connectivity index (χ0) is 30.7. The van der Waals surface area contributed by atoms with Crippen LogP contribution in [0.1, 0.15) is 30.4 Å². The van der Waals surface area contributed by atoms with E-state index in [0.717, 1.165) is 41.3 Å². The van der Waals surface area contributed by atoms with Gasteiger partial charge in [0.15, 0.2) is 0 Å². The number of phenolic OH excluding ortho intramolecular Hbond substituents is 1. The average molecular weight is 627 g/mol. The number of aliphatic imine (C=N–C) groups is 1. The monoisotopic (exact) mass is 626 g/mol. The summed E-state index contributed by atoms with van der Waals surface area (Å²) >= 11 is 7.18. The van der Waals surface area contributed by atoms with E-state index >= 15 is 0 Å². The number of phenols is 1. The van der Waals surface area contributed by atoms with Gasteiger partial charge in [0.25, 0.3) is 0 Å². The molecule has 9 nitrogen and oxygen atoms in total. The number of alkyl halides is 1. The molecule has 4 aliphatic heterocycles. The number of nitrogens with zero attached hydrogens (tertiary/aromatic N) is 4. The molecule has 0 saturated carbocycles. The van der Waals surface area contributed by atoms with Gasteiger partial charge in [-0.1, -0.05) is 41.9 Å². The summed E-state index contributed by atoms with van der Waals surface area (Å²) in [7, 11) is 0. The fraction of sp³-hybridized carbons (Fsp3) is 0.294. The Hall–Kier alpha value is -4.54. The van der Waals surface area contributed by atoms with E-state index in [0.29, 0.717) is 65.4 Å². The number of nitrogens with one attached hydrogen (secondary N) is 1. The Morgan fingerprint density at radius 3 is 2.96 bits per heavy atom. The maximum atomic E-state index is 14.6. The second kappa shape index (κ2) is 10.8. The minimum absolute atomic E-state index is 0.131. The van der Waals surface area contributed by atoms with Gasteiger partial charge in [0.1, 0.15) is 42.6 Å². The third-order valence-corrected chi connectivity index (χ3v) is 9.72. The summed E-state index contributed by atoms with van der Waals surface area (Å²) in [6.45, 7) is 2.24. The molecule has 4 N–H and O–H groups in total. The van der Waals surface area contributed by atoms with Crippen LogP contribution in [0.4, 0.5) is 15.9 Å². The Bertz CT molecular complexity index is 1900. The summed E-state index contributed by atoms with van der Waals surface area (Å²) < 4.78 is 27.6. The number of pyridine rings is 1. The maximum Gasteiger partial charge on any atom is 0.301 e. The predicted molar refractivity (Wildman–Crippen MR) is 173 cm³/mol. The first-order valence-corrected chi connectivity index (χ1v) is 15.5. The molecule has 2 fully saturated rings. The summed E-state index contributed by atoms with van der Waals surface area (Å²) in [6.07, 6.45) is 4.90. The molecule has 0 unspecified atom stereocenters. The highest BCUT2D eigenvalue weighted by molar-refractivity contribution is 6.38. The first kappa shape index (κ1) is 28.0. The third kappa shape index (κ3) is 4.80. The summed E-state index contributed by atoms with van der Waals surface area (Å²) in [4.78, 5) is 13.3. The number of aromatic hydroxyl groups is 1. The normalized spacial score (nSPS) is 22.2. The quantitative estimate of drug-likeness (QED) is 0.230. The lowest BCUT2D eigenvalue weighted by atomic mass is 9.94. The highest BCUT2D eigenvalue weighted by Crippen LogP contribution is 2.48. The van der Waals surface area contributed by atoms with Crippen molar-refractivity contribution in [3.8, 4) is 22.6 Å². The van der Waals surface area contributed by atoms with Crippen LogP contribution >= 0.6 is 11.6 Å². The van der Waals surface area contributed by atoms with Crippen molar-refractivity contribution in [1.82, 2.24) is 14.8 Å². The molecule has 4 aliphatic rings. The van der Waals surface area contributed by atoms with E-state index < -0.39 is 6.17 Å². The standard InChI is InChI=1S/C34H32ClFN6O3/c35-30-26(25-12-23(43)11-20-5-1-2-7-24(20)25)13-27-29-31(30)39-19-40-33(29)41(15-21-6-3-9-38-32(21)37)17-28(45-27)44-18-34-8-4-10-42(34)16-22(36)14-34/h1-3,5-7,9,11-13,17,22,39,43H,4,8,10,14-16,18-19H2,(H2,37,38)/t22-,34+/m1/s1. The van der Waals surface area contributed by atoms with Crippen LogP contribution in [0.15, 0.2) is 77.9 Å². The van der Waals surface area contributed by atoms with Gasteiger partial charge in [0.2, 0.25) is 0 Å². The average Bonchev–Trinajstić information content (AvgIpc) is 3.51. The largest absolute Gasteiger partial charge is 0.508 e. The van der Waals surface area contributed by atoms with Crippen LogP contribution < -0.4 is 15.8 Å². The summed E-state index contributed by atoms with van der Waals surface area (Å²) in [6, 6.07) is 16.9. The summed E-state index contributed by atoms with van der Waals surface area (Å²) in [5.41, 5.74) is 9.51. The lowest BCUT2D eigenvalue weighted by molar-refractivity contribution is 0.0270. The Morgan fingerprint density at radius 1 is 1.18 bits per heavy atom. The van der Waals surface area contributed by atoms with Crippen molar-refractivity contribution in [2.24, 2.45) is 4.99 Å². The van der Waals surface area contributed by atoms with E-state index in [9.17, 15) is 9.50 Å². The Balaban J connectivity index is 1.25. The number of nitrogens with two attached hydrogens (primary N) is 1. The number of halogens is 2. The number of hydrogen-bond acceptors (Lipinski definition) is 9. The molecule has 0 bridgehead atoms. The second-order valence-corrected chi connectivity index (χ2v) is 12.5. The topological polar surface area (TPSA) is 108 Å². The van der Waals surface area contributed by atoms with E-state index in [2.05, 4.69) is 15.2 Å². The van der Waals surface area contributed by atoms with Crippen molar-refractivity contribution in [2.75, 3.05) is 37.4 Å². The molecule has 45 heavy (non-hydrogen) atoms. The molecular formula is C34H32ClFN6O3. The zero-order valence-electron chi connectivity index (χ0n) is 24.5. The molecule has 230 valence electrons. The first-order chi connectivity index (χ1) is 21.9. The van der Waals surface area contributed by atoms with Crippen LogP contribution in [0.3, 0.4) is 0 Å². The number of anilines is 2. The summed E-state index contributed by atoms with van der Waals surface area (Å²) in [5, 5.41) is 16.3. The molecule has 0 aliphatic carbocycles. The van der Waals surface area contributed by atoms with E-state index in [-0.39, 0.29) is 23.9 Å². The van der Waals surface area contributed by atoms with Gasteiger partial charge in [-0.25, -0.2) is 14.4 Å². The minimum Gasteiger partial charge on any atom is -0.508 e. The van der Waals surface area contributed by atoms with Gasteiger partial charge >= 0.3 is 5.95 Å². The number of ether oxygens (including phenoxy) is 2. The molecule has 5 heterocycles. The predicted octanol–water partition coefficient (Wildman–Crippen LogP) is 6.26. The van der Waals surface area contributed by atoms with Gasteiger partial charge in [-0.15, -0.1) is 0 Å². The van der Waals surface area contributed by atoms with E-state index in [1.165, 1.54) is 0 Å². The van der Waals surface area contributed by atoms with Crippen LogP contribution in [0.25, 0.3) is 21.9 Å². The third-order valence-electron chi connectivity index (χ3n) is 9.33. The van der Waals surface area contributed by atoms with Gasteiger partial charge in [-0.3, -0.25) is 4.90 Å². The number of amidine groups is 1. The van der Waals surface area contributed by atoms with Crippen LogP contribution in [0.5, 0.6) is 11.5 Å². The van der Waals surface area contributed by atoms with E-state index in [1.807, 2.05) is 47.4 Å². The van der Waals surface area contributed by atoms with Gasteiger partial charge in [-0.2, -0.15) is 0 Å². The smallest absolute Gasteiger partial charge is 0.301 e. The molecule has 0 amide bonds. The second-order valence-electron chi connectivity index (χ2n) is 12.1. The van der Waals surface area contributed by atoms with E-state index in [1.54, 1.807) is 24.5 Å². The maximum absolute atomic E-state index is 14.6. The highest BCUT2D eigenvalue weighted by Gasteiger charge is 2.49. The van der Waals surface area contributed by atoms with Crippen LogP contribution in [-0.2, 0) is 11.3 Å². The molecule has 8 rings (SSSR count). The Labute approximate surface area is 264 Å². The summed E-state index contributed by atoms with van der Waals surface area (Å²) in [5.74, 6) is 1.94. The molecule has 4 aromatic rings. The van der Waals surface area contributed by atoms with Gasteiger partial charge in [-0.05, 0) is 60.0 Å². The fourth-order valence-corrected chi connectivity index (χ4v) is 7.57. The van der Waals surface area contributed by atoms with Crippen molar-refractivity contribution in [1.29, 1.82) is 0 Å². The number of fused-ring (bicyclic) bond motifs is 2. The number of rotatable bonds is 6. The van der Waals surface area contributed by atoms with Crippen LogP contribution in [0, 0.1) is 0 Å². The number of nitrogen functional groups attached to an aromatic ring is 1. The molecular weight excluding hydrogens is 595 g/mol. The van der Waals surface area contributed by atoms with Crippen LogP contribution in [0.2, 0.25) is 5.02 Å². The fourth-order valence-electron chi connectivity index (χ4n) is 7.26. The molecule has 0 spiro atoms. The Morgan fingerprint density at radius 2 is 2.07 bits per heavy atom. The van der Waals surface area contributed by atoms with Gasteiger partial charge < -0.3 is 30.5 Å². The van der Waals surface area contributed by atoms with Crippen molar-refractivity contribution in [3.05, 3.63) is 89.1 Å². The Kier molecular flexibility index (Phi) is 6.72. The molecule has 1 aromatic heterocycles. The van der Waals surface area contributed by atoms with Crippen LogP contribution in [-0.4, -0.2) is 63.8 Å². The van der Waals surface area contributed by atoms with E-state index in [4.69, 9.17) is 31.8 Å². The lowest BCUT2D eigenvalue weighted by Gasteiger charge is -2.31. The zero-order valence-corrected chi connectivity index (χ0v) is 25.2.